The number of aromatic nitrogens is 2. The Hall–Kier alpha value is -2.21. The van der Waals surface area contributed by atoms with Crippen molar-refractivity contribution in [3.8, 4) is 11.6 Å². The highest BCUT2D eigenvalue weighted by Gasteiger charge is 2.34. The topological polar surface area (TPSA) is 67.3 Å². The van der Waals surface area contributed by atoms with Crippen molar-refractivity contribution >= 4 is 5.95 Å². The zero-order valence-electron chi connectivity index (χ0n) is 11.4. The van der Waals surface area contributed by atoms with E-state index >= 15 is 0 Å². The largest absolute Gasteiger partial charge is 0.439 e. The molecule has 21 heavy (non-hydrogen) atoms. The number of anilines is 1. The normalized spacial score (nSPS) is 16.1. The Balaban J connectivity index is 1.63. The van der Waals surface area contributed by atoms with Crippen molar-refractivity contribution in [2.24, 2.45) is 0 Å². The van der Waals surface area contributed by atoms with Crippen LogP contribution in [-0.4, -0.2) is 27.2 Å². The third kappa shape index (κ3) is 3.46. The Kier molecular flexibility index (Phi) is 3.70. The minimum atomic E-state index is -0.642. The number of nitrogens with one attached hydrogen (secondary N) is 1. The summed E-state index contributed by atoms with van der Waals surface area (Å²) in [7, 11) is 0. The molecule has 0 spiro atoms. The Bertz CT molecular complexity index is 615. The van der Waals surface area contributed by atoms with Gasteiger partial charge in [0.2, 0.25) is 11.8 Å². The van der Waals surface area contributed by atoms with Crippen molar-refractivity contribution in [3.63, 3.8) is 0 Å². The molecule has 1 saturated carbocycles. The minimum absolute atomic E-state index is 0.318. The molecule has 2 aromatic rings. The fraction of sp³-hybridized carbons (Fsp3) is 0.333. The standard InChI is InChI=1S/C15H16FN3O2/c16-11-2-4-12(5-3-11)21-13-6-9-17-14(19-13)18-10-15(20)7-1-8-15/h2-6,9,20H,1,7-8,10H2,(H,17,18,19). The third-order valence-electron chi connectivity index (χ3n) is 3.53. The van der Waals surface area contributed by atoms with Crippen molar-refractivity contribution < 1.29 is 14.2 Å². The van der Waals surface area contributed by atoms with Crippen molar-refractivity contribution in [1.82, 2.24) is 9.97 Å². The number of ether oxygens (including phenoxy) is 1. The maximum atomic E-state index is 12.8. The SMILES string of the molecule is OC1(CNc2nccc(Oc3ccc(F)cc3)n2)CCC1. The van der Waals surface area contributed by atoms with Crippen molar-refractivity contribution in [3.05, 3.63) is 42.3 Å². The van der Waals surface area contributed by atoms with E-state index < -0.39 is 5.60 Å². The van der Waals surface area contributed by atoms with Gasteiger partial charge in [-0.15, -0.1) is 0 Å². The third-order valence-corrected chi connectivity index (χ3v) is 3.53. The number of benzene rings is 1. The lowest BCUT2D eigenvalue weighted by atomic mass is 9.80. The molecule has 0 bridgehead atoms. The highest BCUT2D eigenvalue weighted by molar-refractivity contribution is 5.32. The van der Waals surface area contributed by atoms with Gasteiger partial charge in [-0.05, 0) is 43.5 Å². The molecule has 1 aliphatic rings. The van der Waals surface area contributed by atoms with Crippen molar-refractivity contribution in [2.75, 3.05) is 11.9 Å². The first-order valence-corrected chi connectivity index (χ1v) is 6.86. The van der Waals surface area contributed by atoms with Gasteiger partial charge in [-0.2, -0.15) is 4.98 Å². The lowest BCUT2D eigenvalue weighted by Crippen LogP contribution is -2.43. The van der Waals surface area contributed by atoms with Gasteiger partial charge in [-0.1, -0.05) is 0 Å². The molecule has 1 heterocycles. The van der Waals surface area contributed by atoms with Gasteiger partial charge in [0, 0.05) is 18.8 Å². The molecule has 3 rings (SSSR count). The Morgan fingerprint density at radius 1 is 1.24 bits per heavy atom. The van der Waals surface area contributed by atoms with E-state index in [1.54, 1.807) is 12.3 Å². The molecule has 110 valence electrons. The molecule has 0 unspecified atom stereocenters. The van der Waals surface area contributed by atoms with Crippen LogP contribution in [0.25, 0.3) is 0 Å². The predicted octanol–water partition coefficient (Wildman–Crippen LogP) is 2.73. The van der Waals surface area contributed by atoms with Crippen LogP contribution in [0, 0.1) is 5.82 Å². The zero-order valence-corrected chi connectivity index (χ0v) is 11.4. The molecule has 1 aromatic carbocycles. The highest BCUT2D eigenvalue weighted by Crippen LogP contribution is 2.31. The van der Waals surface area contributed by atoms with Gasteiger partial charge in [-0.3, -0.25) is 0 Å². The Morgan fingerprint density at radius 3 is 2.67 bits per heavy atom. The van der Waals surface area contributed by atoms with E-state index in [1.165, 1.54) is 24.3 Å². The van der Waals surface area contributed by atoms with E-state index in [-0.39, 0.29) is 5.82 Å². The van der Waals surface area contributed by atoms with Crippen LogP contribution < -0.4 is 10.1 Å². The summed E-state index contributed by atoms with van der Waals surface area (Å²) >= 11 is 0. The van der Waals surface area contributed by atoms with E-state index in [2.05, 4.69) is 15.3 Å². The Morgan fingerprint density at radius 2 is 2.00 bits per heavy atom. The first kappa shape index (κ1) is 13.8. The lowest BCUT2D eigenvalue weighted by molar-refractivity contribution is -0.0203. The molecule has 1 aromatic heterocycles. The summed E-state index contributed by atoms with van der Waals surface area (Å²) in [5.74, 6) is 0.939. The van der Waals surface area contributed by atoms with Crippen molar-refractivity contribution in [1.29, 1.82) is 0 Å². The van der Waals surface area contributed by atoms with Crippen molar-refractivity contribution in [2.45, 2.75) is 24.9 Å². The number of aliphatic hydroxyl groups is 1. The number of nitrogens with zero attached hydrogens (tertiary/aromatic N) is 2. The van der Waals surface area contributed by atoms with Gasteiger partial charge in [-0.25, -0.2) is 9.37 Å². The first-order chi connectivity index (χ1) is 10.1. The molecular weight excluding hydrogens is 273 g/mol. The molecule has 0 saturated heterocycles. The molecule has 1 fully saturated rings. The second kappa shape index (κ2) is 5.65. The van der Waals surface area contributed by atoms with E-state index in [0.717, 1.165) is 19.3 Å². The Labute approximate surface area is 121 Å². The maximum Gasteiger partial charge on any atom is 0.226 e. The van der Waals surface area contributed by atoms with Gasteiger partial charge >= 0.3 is 0 Å². The van der Waals surface area contributed by atoms with Gasteiger partial charge in [0.05, 0.1) is 5.60 Å². The predicted molar refractivity (Wildman–Crippen MR) is 75.8 cm³/mol. The molecule has 0 radical (unpaired) electrons. The average Bonchev–Trinajstić information content (AvgIpc) is 2.46. The first-order valence-electron chi connectivity index (χ1n) is 6.86. The summed E-state index contributed by atoms with van der Waals surface area (Å²) in [5, 5.41) is 13.0. The summed E-state index contributed by atoms with van der Waals surface area (Å²) in [4.78, 5) is 8.29. The summed E-state index contributed by atoms with van der Waals surface area (Å²) < 4.78 is 18.4. The summed E-state index contributed by atoms with van der Waals surface area (Å²) in [6, 6.07) is 7.32. The van der Waals surface area contributed by atoms with E-state index in [1.807, 2.05) is 0 Å². The van der Waals surface area contributed by atoms with Gasteiger partial charge in [0.25, 0.3) is 0 Å². The number of rotatable bonds is 5. The maximum absolute atomic E-state index is 12.8. The van der Waals surface area contributed by atoms with E-state index in [0.29, 0.717) is 24.1 Å². The van der Waals surface area contributed by atoms with Crippen LogP contribution in [0.15, 0.2) is 36.5 Å². The van der Waals surface area contributed by atoms with Gasteiger partial charge < -0.3 is 15.2 Å². The average molecular weight is 289 g/mol. The molecule has 1 aliphatic carbocycles. The fourth-order valence-electron chi connectivity index (χ4n) is 2.11. The van der Waals surface area contributed by atoms with Crippen LogP contribution in [0.2, 0.25) is 0 Å². The van der Waals surface area contributed by atoms with Crippen LogP contribution >= 0.6 is 0 Å². The molecule has 0 amide bonds. The van der Waals surface area contributed by atoms with Crippen LogP contribution in [0.1, 0.15) is 19.3 Å². The highest BCUT2D eigenvalue weighted by atomic mass is 19.1. The number of hydrogen-bond donors (Lipinski definition) is 2. The van der Waals surface area contributed by atoms with Crippen LogP contribution in [0.3, 0.4) is 0 Å². The monoisotopic (exact) mass is 289 g/mol. The lowest BCUT2D eigenvalue weighted by Gasteiger charge is -2.36. The minimum Gasteiger partial charge on any atom is -0.439 e. The fourth-order valence-corrected chi connectivity index (χ4v) is 2.11. The molecule has 0 atom stereocenters. The van der Waals surface area contributed by atoms with Crippen LogP contribution in [0.4, 0.5) is 10.3 Å². The smallest absolute Gasteiger partial charge is 0.226 e. The molecule has 0 aliphatic heterocycles. The summed E-state index contributed by atoms with van der Waals surface area (Å²) in [6.07, 6.45) is 4.21. The van der Waals surface area contributed by atoms with Gasteiger partial charge in [0.15, 0.2) is 0 Å². The van der Waals surface area contributed by atoms with Crippen LogP contribution in [-0.2, 0) is 0 Å². The van der Waals surface area contributed by atoms with E-state index in [4.69, 9.17) is 4.74 Å². The second-order valence-corrected chi connectivity index (χ2v) is 5.21. The molecule has 2 N–H and O–H groups in total. The molecule has 6 heteroatoms. The second-order valence-electron chi connectivity index (χ2n) is 5.21. The molecule has 5 nitrogen and oxygen atoms in total. The zero-order chi connectivity index (χ0) is 14.7. The summed E-state index contributed by atoms with van der Waals surface area (Å²) in [6.45, 7) is 0.424. The molecular formula is C15H16FN3O2. The van der Waals surface area contributed by atoms with E-state index in [9.17, 15) is 9.50 Å². The number of halogens is 1. The number of hydrogen-bond acceptors (Lipinski definition) is 5. The summed E-state index contributed by atoms with van der Waals surface area (Å²) in [5.41, 5.74) is -0.642. The van der Waals surface area contributed by atoms with Crippen LogP contribution in [0.5, 0.6) is 11.6 Å². The van der Waals surface area contributed by atoms with Gasteiger partial charge in [0.1, 0.15) is 11.6 Å². The quantitative estimate of drug-likeness (QED) is 0.886.